The van der Waals surface area contributed by atoms with Crippen LogP contribution in [0, 0.1) is 5.41 Å². The van der Waals surface area contributed by atoms with Crippen molar-refractivity contribution in [2.45, 2.75) is 32.5 Å². The van der Waals surface area contributed by atoms with E-state index in [1.54, 1.807) is 6.08 Å². The zero-order valence-corrected chi connectivity index (χ0v) is 10.0. The Bertz CT molecular complexity index is 352. The summed E-state index contributed by atoms with van der Waals surface area (Å²) in [6, 6.07) is 0. The highest BCUT2D eigenvalue weighted by Gasteiger charge is 2.36. The third-order valence-electron chi connectivity index (χ3n) is 3.24. The quantitative estimate of drug-likeness (QED) is 0.762. The molecule has 4 nitrogen and oxygen atoms in total. The van der Waals surface area contributed by atoms with Crippen molar-refractivity contribution < 1.29 is 19.4 Å². The maximum Gasteiger partial charge on any atom is 0.317 e. The standard InChI is InChI=1S/C13H18O4/c1-10-3-2-5-13(9-10,12(14)15)6-4-11-16-7-8-17-11/h2,5,9,11H,3-4,6-8H2,1H3,(H,14,15). The van der Waals surface area contributed by atoms with Gasteiger partial charge in [-0.3, -0.25) is 4.79 Å². The van der Waals surface area contributed by atoms with Gasteiger partial charge in [-0.2, -0.15) is 0 Å². The first-order valence-corrected chi connectivity index (χ1v) is 5.95. The van der Waals surface area contributed by atoms with Crippen LogP contribution in [-0.2, 0) is 14.3 Å². The van der Waals surface area contributed by atoms with E-state index >= 15 is 0 Å². The summed E-state index contributed by atoms with van der Waals surface area (Å²) in [5, 5.41) is 9.40. The molecule has 0 aromatic rings. The van der Waals surface area contributed by atoms with Crippen molar-refractivity contribution in [2.24, 2.45) is 5.41 Å². The number of carboxylic acid groups (broad SMARTS) is 1. The molecule has 0 radical (unpaired) electrons. The van der Waals surface area contributed by atoms with Crippen molar-refractivity contribution in [1.82, 2.24) is 0 Å². The van der Waals surface area contributed by atoms with E-state index in [0.29, 0.717) is 26.1 Å². The summed E-state index contributed by atoms with van der Waals surface area (Å²) in [7, 11) is 0. The lowest BCUT2D eigenvalue weighted by Gasteiger charge is -2.27. The molecular formula is C13H18O4. The number of ether oxygens (including phenoxy) is 2. The molecule has 0 amide bonds. The van der Waals surface area contributed by atoms with E-state index in [4.69, 9.17) is 9.47 Å². The van der Waals surface area contributed by atoms with E-state index in [-0.39, 0.29) is 6.29 Å². The van der Waals surface area contributed by atoms with Crippen molar-refractivity contribution in [3.8, 4) is 0 Å². The van der Waals surface area contributed by atoms with Crippen LogP contribution in [0.1, 0.15) is 26.2 Å². The molecule has 1 atom stereocenters. The van der Waals surface area contributed by atoms with Crippen LogP contribution in [-0.4, -0.2) is 30.6 Å². The first kappa shape index (κ1) is 12.3. The number of carboxylic acids is 1. The van der Waals surface area contributed by atoms with Crippen molar-refractivity contribution in [3.63, 3.8) is 0 Å². The molecule has 1 aliphatic heterocycles. The van der Waals surface area contributed by atoms with Gasteiger partial charge in [0.2, 0.25) is 0 Å². The van der Waals surface area contributed by atoms with Gasteiger partial charge in [0.1, 0.15) is 5.41 Å². The van der Waals surface area contributed by atoms with Crippen molar-refractivity contribution >= 4 is 5.97 Å². The topological polar surface area (TPSA) is 55.8 Å². The maximum absolute atomic E-state index is 11.4. The van der Waals surface area contributed by atoms with Crippen LogP contribution in [0.15, 0.2) is 23.8 Å². The first-order valence-electron chi connectivity index (χ1n) is 5.95. The van der Waals surface area contributed by atoms with E-state index in [1.807, 2.05) is 19.1 Å². The van der Waals surface area contributed by atoms with E-state index in [2.05, 4.69) is 0 Å². The Morgan fingerprint density at radius 1 is 1.53 bits per heavy atom. The van der Waals surface area contributed by atoms with Gasteiger partial charge in [0.25, 0.3) is 0 Å². The summed E-state index contributed by atoms with van der Waals surface area (Å²) in [6.07, 6.45) is 7.30. The van der Waals surface area contributed by atoms with Crippen molar-refractivity contribution in [1.29, 1.82) is 0 Å². The lowest BCUT2D eigenvalue weighted by molar-refractivity contribution is -0.144. The maximum atomic E-state index is 11.4. The zero-order chi connectivity index (χ0) is 12.3. The lowest BCUT2D eigenvalue weighted by atomic mass is 9.78. The lowest BCUT2D eigenvalue weighted by Crippen LogP contribution is -2.30. The molecule has 1 heterocycles. The summed E-state index contributed by atoms with van der Waals surface area (Å²) in [6.45, 7) is 3.18. The van der Waals surface area contributed by atoms with E-state index in [0.717, 1.165) is 12.0 Å². The van der Waals surface area contributed by atoms with Crippen molar-refractivity contribution in [3.05, 3.63) is 23.8 Å². The minimum Gasteiger partial charge on any atom is -0.480 e. The van der Waals surface area contributed by atoms with E-state index < -0.39 is 11.4 Å². The number of allylic oxidation sites excluding steroid dienone is 2. The Morgan fingerprint density at radius 2 is 2.24 bits per heavy atom. The SMILES string of the molecule is CC1=CC(CCC2OCCO2)(C(=O)O)C=CC1. The molecule has 2 aliphatic rings. The predicted octanol–water partition coefficient (Wildman–Crippen LogP) is 2.12. The molecule has 0 aromatic carbocycles. The highest BCUT2D eigenvalue weighted by Crippen LogP contribution is 2.35. The largest absolute Gasteiger partial charge is 0.480 e. The second-order valence-corrected chi connectivity index (χ2v) is 4.65. The number of hydrogen-bond donors (Lipinski definition) is 1. The van der Waals surface area contributed by atoms with Crippen molar-refractivity contribution in [2.75, 3.05) is 13.2 Å². The van der Waals surface area contributed by atoms with Gasteiger partial charge in [0.05, 0.1) is 13.2 Å². The number of aliphatic carboxylic acids is 1. The van der Waals surface area contributed by atoms with Gasteiger partial charge in [-0.1, -0.05) is 23.8 Å². The monoisotopic (exact) mass is 238 g/mol. The zero-order valence-electron chi connectivity index (χ0n) is 10.0. The van der Waals surface area contributed by atoms with Gasteiger partial charge in [0.15, 0.2) is 6.29 Å². The smallest absolute Gasteiger partial charge is 0.317 e. The molecule has 0 bridgehead atoms. The van der Waals surface area contributed by atoms with Gasteiger partial charge in [0, 0.05) is 6.42 Å². The van der Waals surface area contributed by atoms with Gasteiger partial charge in [-0.25, -0.2) is 0 Å². The summed E-state index contributed by atoms with van der Waals surface area (Å²) in [4.78, 5) is 11.4. The Hall–Kier alpha value is -1.13. The Kier molecular flexibility index (Phi) is 3.64. The summed E-state index contributed by atoms with van der Waals surface area (Å²) >= 11 is 0. The van der Waals surface area contributed by atoms with Crippen LogP contribution >= 0.6 is 0 Å². The van der Waals surface area contributed by atoms with E-state index in [9.17, 15) is 9.90 Å². The minimum atomic E-state index is -0.877. The fourth-order valence-electron chi connectivity index (χ4n) is 2.33. The molecule has 1 saturated heterocycles. The molecule has 1 unspecified atom stereocenters. The van der Waals surface area contributed by atoms with Gasteiger partial charge in [-0.05, 0) is 19.8 Å². The van der Waals surface area contributed by atoms with Crippen LogP contribution in [0.5, 0.6) is 0 Å². The highest BCUT2D eigenvalue weighted by atomic mass is 16.7. The summed E-state index contributed by atoms with van der Waals surface area (Å²) < 4.78 is 10.7. The second-order valence-electron chi connectivity index (χ2n) is 4.65. The van der Waals surface area contributed by atoms with Crippen LogP contribution in [0.2, 0.25) is 0 Å². The average Bonchev–Trinajstić information content (AvgIpc) is 2.79. The molecular weight excluding hydrogens is 220 g/mol. The van der Waals surface area contributed by atoms with E-state index in [1.165, 1.54) is 0 Å². The second kappa shape index (κ2) is 5.02. The molecule has 1 fully saturated rings. The average molecular weight is 238 g/mol. The Morgan fingerprint density at radius 3 is 2.82 bits per heavy atom. The number of carbonyl (C=O) groups is 1. The molecule has 94 valence electrons. The molecule has 0 aromatic heterocycles. The third-order valence-corrected chi connectivity index (χ3v) is 3.24. The van der Waals surface area contributed by atoms with Gasteiger partial charge in [-0.15, -0.1) is 0 Å². The molecule has 0 saturated carbocycles. The summed E-state index contributed by atoms with van der Waals surface area (Å²) in [5.41, 5.74) is 0.223. The molecule has 2 rings (SSSR count). The molecule has 1 aliphatic carbocycles. The summed E-state index contributed by atoms with van der Waals surface area (Å²) in [5.74, 6) is -0.800. The normalized spacial score (nSPS) is 29.4. The van der Waals surface area contributed by atoms with Gasteiger partial charge >= 0.3 is 5.97 Å². The number of hydrogen-bond acceptors (Lipinski definition) is 3. The Labute approximate surface area is 101 Å². The molecule has 4 heteroatoms. The minimum absolute atomic E-state index is 0.241. The molecule has 17 heavy (non-hydrogen) atoms. The van der Waals surface area contributed by atoms with Crippen LogP contribution in [0.3, 0.4) is 0 Å². The van der Waals surface area contributed by atoms with Gasteiger partial charge < -0.3 is 14.6 Å². The fraction of sp³-hybridized carbons (Fsp3) is 0.615. The predicted molar refractivity (Wildman–Crippen MR) is 62.5 cm³/mol. The molecule has 1 N–H and O–H groups in total. The first-order chi connectivity index (χ1) is 8.12. The fourth-order valence-corrected chi connectivity index (χ4v) is 2.33. The highest BCUT2D eigenvalue weighted by molar-refractivity contribution is 5.80. The van der Waals surface area contributed by atoms with Crippen LogP contribution in [0.25, 0.3) is 0 Å². The van der Waals surface area contributed by atoms with Crippen LogP contribution in [0.4, 0.5) is 0 Å². The third kappa shape index (κ3) is 2.76. The van der Waals surface area contributed by atoms with Crippen LogP contribution < -0.4 is 0 Å². The molecule has 0 spiro atoms. The number of rotatable bonds is 4. The Balaban J connectivity index is 2.04.